The number of carbonyl (C=O) groups excluding carboxylic acids is 2. The van der Waals surface area contributed by atoms with Crippen LogP contribution in [-0.2, 0) is 9.53 Å². The van der Waals surface area contributed by atoms with E-state index < -0.39 is 17.5 Å². The molecule has 6 nitrogen and oxygen atoms in total. The molecule has 34 heavy (non-hydrogen) atoms. The quantitative estimate of drug-likeness (QED) is 0.602. The zero-order valence-electron chi connectivity index (χ0n) is 18.7. The van der Waals surface area contributed by atoms with Gasteiger partial charge >= 0.3 is 6.09 Å². The Bertz CT molecular complexity index is 1130. The first-order chi connectivity index (χ1) is 16.5. The number of carbonyl (C=O) groups is 2. The summed E-state index contributed by atoms with van der Waals surface area (Å²) in [6.45, 7) is 1.64. The summed E-state index contributed by atoms with van der Waals surface area (Å²) >= 11 is 0. The van der Waals surface area contributed by atoms with Crippen LogP contribution < -0.4 is 10.2 Å². The van der Waals surface area contributed by atoms with Gasteiger partial charge in [-0.2, -0.15) is 0 Å². The van der Waals surface area contributed by atoms with E-state index in [9.17, 15) is 14.0 Å². The Morgan fingerprint density at radius 1 is 0.971 bits per heavy atom. The highest BCUT2D eigenvalue weighted by atomic mass is 19.1. The number of benzene rings is 3. The second-order valence-electron chi connectivity index (χ2n) is 8.90. The van der Waals surface area contributed by atoms with Crippen LogP contribution in [0.4, 0.5) is 14.9 Å². The Kier molecular flexibility index (Phi) is 6.02. The van der Waals surface area contributed by atoms with Gasteiger partial charge in [-0.15, -0.1) is 0 Å². The lowest BCUT2D eigenvalue weighted by atomic mass is 9.99. The second-order valence-corrected chi connectivity index (χ2v) is 8.90. The number of anilines is 1. The van der Waals surface area contributed by atoms with Gasteiger partial charge in [0.15, 0.2) is 0 Å². The Morgan fingerprint density at radius 3 is 2.29 bits per heavy atom. The van der Waals surface area contributed by atoms with E-state index in [0.717, 1.165) is 11.1 Å². The molecule has 0 aromatic heterocycles. The minimum atomic E-state index is -0.693. The van der Waals surface area contributed by atoms with Crippen LogP contribution >= 0.6 is 0 Å². The maximum Gasteiger partial charge on any atom is 0.415 e. The van der Waals surface area contributed by atoms with E-state index >= 15 is 0 Å². The topological polar surface area (TPSA) is 61.9 Å². The third-order valence-electron chi connectivity index (χ3n) is 6.42. The normalized spacial score (nSPS) is 20.2. The van der Waals surface area contributed by atoms with E-state index in [2.05, 4.69) is 5.32 Å². The Labute approximate surface area is 197 Å². The summed E-state index contributed by atoms with van der Waals surface area (Å²) in [6, 6.07) is 25.4. The molecule has 2 heterocycles. The molecule has 0 saturated carbocycles. The molecule has 0 bridgehead atoms. The summed E-state index contributed by atoms with van der Waals surface area (Å²) in [6.07, 6.45) is 0.142. The molecular weight excluding hydrogens is 433 g/mol. The smallest absolute Gasteiger partial charge is 0.415 e. The minimum absolute atomic E-state index is 0.0962. The van der Waals surface area contributed by atoms with Crippen molar-refractivity contribution >= 4 is 17.7 Å². The third-order valence-corrected chi connectivity index (χ3v) is 6.42. The lowest BCUT2D eigenvalue weighted by Crippen LogP contribution is -2.42. The van der Waals surface area contributed by atoms with E-state index in [1.165, 1.54) is 17.0 Å². The average molecular weight is 460 g/mol. The van der Waals surface area contributed by atoms with E-state index in [0.29, 0.717) is 31.7 Å². The lowest BCUT2D eigenvalue weighted by molar-refractivity contribution is -0.122. The molecule has 1 spiro atoms. The molecule has 3 aromatic carbocycles. The number of nitrogens with zero attached hydrogens (tertiary/aromatic N) is 2. The first-order valence-electron chi connectivity index (χ1n) is 11.4. The fourth-order valence-electron chi connectivity index (χ4n) is 4.80. The maximum atomic E-state index is 13.6. The van der Waals surface area contributed by atoms with Crippen LogP contribution in [0.2, 0.25) is 0 Å². The van der Waals surface area contributed by atoms with E-state index in [1.807, 2.05) is 65.6 Å². The van der Waals surface area contributed by atoms with Crippen molar-refractivity contribution in [2.45, 2.75) is 18.1 Å². The van der Waals surface area contributed by atoms with E-state index in [-0.39, 0.29) is 18.5 Å². The van der Waals surface area contributed by atoms with Gasteiger partial charge in [-0.25, -0.2) is 9.18 Å². The molecule has 5 rings (SSSR count). The summed E-state index contributed by atoms with van der Waals surface area (Å²) in [7, 11) is 0. The van der Waals surface area contributed by atoms with Gasteiger partial charge in [0.05, 0.1) is 24.8 Å². The van der Waals surface area contributed by atoms with Crippen LogP contribution in [0.25, 0.3) is 0 Å². The average Bonchev–Trinajstić information content (AvgIpc) is 3.39. The fourth-order valence-corrected chi connectivity index (χ4v) is 4.80. The first-order valence-corrected chi connectivity index (χ1v) is 11.4. The summed E-state index contributed by atoms with van der Waals surface area (Å²) in [4.78, 5) is 29.0. The number of ether oxygens (including phenoxy) is 1. The molecule has 0 radical (unpaired) electrons. The fraction of sp³-hybridized carbons (Fsp3) is 0.259. The van der Waals surface area contributed by atoms with E-state index in [4.69, 9.17) is 4.74 Å². The van der Waals surface area contributed by atoms with Crippen molar-refractivity contribution in [1.29, 1.82) is 0 Å². The number of nitrogens with one attached hydrogen (secondary N) is 1. The van der Waals surface area contributed by atoms with Gasteiger partial charge in [0.1, 0.15) is 11.4 Å². The first kappa shape index (κ1) is 22.1. The molecule has 3 aromatic rings. The maximum absolute atomic E-state index is 13.6. The van der Waals surface area contributed by atoms with Crippen molar-refractivity contribution in [3.63, 3.8) is 0 Å². The number of rotatable bonds is 6. The largest absolute Gasteiger partial charge is 0.439 e. The molecule has 2 amide bonds. The highest BCUT2D eigenvalue weighted by Crippen LogP contribution is 2.35. The summed E-state index contributed by atoms with van der Waals surface area (Å²) in [5.74, 6) is -0.497. The third kappa shape index (κ3) is 4.65. The zero-order valence-corrected chi connectivity index (χ0v) is 18.7. The van der Waals surface area contributed by atoms with Crippen LogP contribution in [0.5, 0.6) is 0 Å². The van der Waals surface area contributed by atoms with Crippen molar-refractivity contribution < 1.29 is 18.7 Å². The summed E-state index contributed by atoms with van der Waals surface area (Å²) in [5.41, 5.74) is 1.81. The monoisotopic (exact) mass is 459 g/mol. The van der Waals surface area contributed by atoms with Gasteiger partial charge < -0.3 is 10.1 Å². The van der Waals surface area contributed by atoms with Crippen molar-refractivity contribution in [3.05, 3.63) is 102 Å². The van der Waals surface area contributed by atoms with Crippen molar-refractivity contribution in [2.75, 3.05) is 31.1 Å². The minimum Gasteiger partial charge on any atom is -0.439 e. The zero-order chi connectivity index (χ0) is 23.5. The number of halogens is 1. The molecule has 174 valence electrons. The van der Waals surface area contributed by atoms with Crippen molar-refractivity contribution in [3.8, 4) is 0 Å². The Balaban J connectivity index is 1.24. The predicted molar refractivity (Wildman–Crippen MR) is 127 cm³/mol. The molecule has 2 saturated heterocycles. The molecule has 2 fully saturated rings. The van der Waals surface area contributed by atoms with Crippen molar-refractivity contribution in [2.24, 2.45) is 0 Å². The van der Waals surface area contributed by atoms with Gasteiger partial charge in [-0.1, -0.05) is 66.7 Å². The standard InChI is InChI=1S/C27H26FN3O3/c28-22-12-7-13-23(16-22)31-19-27(34-26(31)33)14-15-30(18-27)17-24(32)29-25(20-8-3-1-4-9-20)21-10-5-2-6-11-21/h1-13,16,25H,14-15,17-19H2,(H,29,32). The molecular formula is C27H26FN3O3. The highest BCUT2D eigenvalue weighted by Gasteiger charge is 2.50. The van der Waals surface area contributed by atoms with Crippen LogP contribution in [0.1, 0.15) is 23.6 Å². The molecule has 1 unspecified atom stereocenters. The molecule has 7 heteroatoms. The van der Waals surface area contributed by atoms with E-state index in [1.54, 1.807) is 12.1 Å². The number of hydrogen-bond donors (Lipinski definition) is 1. The summed E-state index contributed by atoms with van der Waals surface area (Å²) in [5, 5.41) is 3.16. The number of likely N-dealkylation sites (tertiary alicyclic amines) is 1. The molecule has 2 aliphatic rings. The molecule has 1 N–H and O–H groups in total. The second kappa shape index (κ2) is 9.27. The van der Waals surface area contributed by atoms with Gasteiger partial charge in [-0.05, 0) is 29.3 Å². The van der Waals surface area contributed by atoms with Gasteiger partial charge in [0, 0.05) is 19.5 Å². The molecule has 1 atom stereocenters. The number of amides is 2. The Morgan fingerprint density at radius 2 is 1.65 bits per heavy atom. The van der Waals surface area contributed by atoms with Crippen LogP contribution in [0.15, 0.2) is 84.9 Å². The molecule has 2 aliphatic heterocycles. The van der Waals surface area contributed by atoms with Gasteiger partial charge in [0.25, 0.3) is 0 Å². The van der Waals surface area contributed by atoms with Crippen LogP contribution in [0.3, 0.4) is 0 Å². The number of hydrogen-bond acceptors (Lipinski definition) is 4. The lowest BCUT2D eigenvalue weighted by Gasteiger charge is -2.24. The molecule has 0 aliphatic carbocycles. The SMILES string of the molecule is O=C(CN1CCC2(C1)CN(c1cccc(F)c1)C(=O)O2)NC(c1ccccc1)c1ccccc1. The highest BCUT2D eigenvalue weighted by molar-refractivity contribution is 5.90. The van der Waals surface area contributed by atoms with Crippen molar-refractivity contribution in [1.82, 2.24) is 10.2 Å². The van der Waals surface area contributed by atoms with Gasteiger partial charge in [-0.3, -0.25) is 14.6 Å². The predicted octanol–water partition coefficient (Wildman–Crippen LogP) is 4.13. The Hall–Kier alpha value is -3.71. The van der Waals surface area contributed by atoms with Gasteiger partial charge in [0.2, 0.25) is 5.91 Å². The van der Waals surface area contributed by atoms with Crippen LogP contribution in [-0.4, -0.2) is 48.7 Å². The van der Waals surface area contributed by atoms with Crippen LogP contribution in [0, 0.1) is 5.82 Å². The summed E-state index contributed by atoms with van der Waals surface area (Å²) < 4.78 is 19.4.